The highest BCUT2D eigenvalue weighted by molar-refractivity contribution is 6.33. The van der Waals surface area contributed by atoms with E-state index < -0.39 is 9.85 Å². The Morgan fingerprint density at radius 2 is 1.24 bits per heavy atom. The van der Waals surface area contributed by atoms with E-state index in [0.29, 0.717) is 18.8 Å². The van der Waals surface area contributed by atoms with Gasteiger partial charge in [0.05, 0.1) is 21.9 Å². The smallest absolute Gasteiger partial charge is 0.288 e. The van der Waals surface area contributed by atoms with E-state index in [9.17, 15) is 20.2 Å². The van der Waals surface area contributed by atoms with Crippen LogP contribution in [0.2, 0.25) is 10.0 Å². The van der Waals surface area contributed by atoms with Gasteiger partial charge in [-0.25, -0.2) is 0 Å². The van der Waals surface area contributed by atoms with Gasteiger partial charge in [0.15, 0.2) is 0 Å². The van der Waals surface area contributed by atoms with Gasteiger partial charge in [-0.3, -0.25) is 20.2 Å². The number of rotatable bonds is 6. The van der Waals surface area contributed by atoms with E-state index in [0.717, 1.165) is 16.8 Å². The zero-order valence-electron chi connectivity index (χ0n) is 18.7. The zero-order valence-corrected chi connectivity index (χ0v) is 20.2. The summed E-state index contributed by atoms with van der Waals surface area (Å²) < 4.78 is 0. The molecule has 1 aliphatic rings. The number of anilines is 1. The van der Waals surface area contributed by atoms with Crippen LogP contribution >= 0.6 is 23.2 Å². The first-order valence-corrected chi connectivity index (χ1v) is 11.7. The van der Waals surface area contributed by atoms with E-state index in [-0.39, 0.29) is 33.5 Å². The number of nitrogens with zero attached hydrogens (tertiary/aromatic N) is 3. The van der Waals surface area contributed by atoms with Crippen molar-refractivity contribution in [3.05, 3.63) is 108 Å². The van der Waals surface area contributed by atoms with Gasteiger partial charge < -0.3 is 4.90 Å². The Balaban J connectivity index is 1.82. The molecular formula is C25H23Cl2N3O4. The monoisotopic (exact) mass is 499 g/mol. The van der Waals surface area contributed by atoms with Crippen molar-refractivity contribution in [3.63, 3.8) is 0 Å². The topological polar surface area (TPSA) is 89.5 Å². The predicted molar refractivity (Wildman–Crippen MR) is 134 cm³/mol. The Morgan fingerprint density at radius 1 is 0.794 bits per heavy atom. The van der Waals surface area contributed by atoms with Crippen LogP contribution < -0.4 is 4.90 Å². The van der Waals surface area contributed by atoms with Gasteiger partial charge in [0, 0.05) is 17.8 Å². The van der Waals surface area contributed by atoms with Gasteiger partial charge in [0.2, 0.25) is 0 Å². The van der Waals surface area contributed by atoms with Crippen LogP contribution in [0.5, 0.6) is 0 Å². The summed E-state index contributed by atoms with van der Waals surface area (Å²) in [4.78, 5) is 24.2. The van der Waals surface area contributed by atoms with E-state index in [4.69, 9.17) is 23.2 Å². The normalized spacial score (nSPS) is 17.9. The van der Waals surface area contributed by atoms with Crippen LogP contribution in [-0.2, 0) is 0 Å². The molecule has 9 heteroatoms. The molecular weight excluding hydrogens is 477 g/mol. The maximum Gasteiger partial charge on any atom is 0.288 e. The minimum Gasteiger partial charge on any atom is -0.357 e. The van der Waals surface area contributed by atoms with Gasteiger partial charge in [0.1, 0.15) is 10.0 Å². The van der Waals surface area contributed by atoms with Gasteiger partial charge in [-0.15, -0.1) is 0 Å². The maximum atomic E-state index is 11.5. The van der Waals surface area contributed by atoms with Crippen LogP contribution in [0.25, 0.3) is 0 Å². The molecule has 0 saturated carbocycles. The molecule has 0 radical (unpaired) electrons. The molecule has 0 aromatic heterocycles. The number of hydrogen-bond acceptors (Lipinski definition) is 5. The van der Waals surface area contributed by atoms with Crippen molar-refractivity contribution in [1.82, 2.24) is 0 Å². The maximum absolute atomic E-state index is 11.5. The van der Waals surface area contributed by atoms with E-state index in [1.165, 1.54) is 17.7 Å². The van der Waals surface area contributed by atoms with E-state index in [1.54, 1.807) is 12.1 Å². The fourth-order valence-corrected chi connectivity index (χ4v) is 4.98. The Morgan fingerprint density at radius 3 is 1.62 bits per heavy atom. The lowest BCUT2D eigenvalue weighted by Crippen LogP contribution is -2.26. The van der Waals surface area contributed by atoms with Crippen molar-refractivity contribution in [2.24, 2.45) is 0 Å². The second-order valence-electron chi connectivity index (χ2n) is 8.70. The quantitative estimate of drug-likeness (QED) is 0.253. The van der Waals surface area contributed by atoms with E-state index in [2.05, 4.69) is 30.9 Å². The highest BCUT2D eigenvalue weighted by Crippen LogP contribution is 2.48. The molecule has 1 saturated heterocycles. The summed E-state index contributed by atoms with van der Waals surface area (Å²) in [5.74, 6) is 0.372. The Hall–Kier alpha value is -3.16. The summed E-state index contributed by atoms with van der Waals surface area (Å²) in [5, 5.41) is 23.2. The molecule has 0 bridgehead atoms. The number of nitro benzene ring substituents is 2. The summed E-state index contributed by atoms with van der Waals surface area (Å²) in [6.07, 6.45) is 1.43. The molecule has 1 heterocycles. The molecule has 34 heavy (non-hydrogen) atoms. The lowest BCUT2D eigenvalue weighted by Gasteiger charge is -2.33. The molecule has 0 N–H and O–H groups in total. The van der Waals surface area contributed by atoms with Crippen LogP contribution in [-0.4, -0.2) is 9.85 Å². The first kappa shape index (κ1) is 24.0. The summed E-state index contributed by atoms with van der Waals surface area (Å²) in [6.45, 7) is 4.24. The van der Waals surface area contributed by atoms with Crippen molar-refractivity contribution in [2.45, 2.75) is 44.7 Å². The Bertz CT molecular complexity index is 1180. The summed E-state index contributed by atoms with van der Waals surface area (Å²) in [5.41, 5.74) is 3.40. The summed E-state index contributed by atoms with van der Waals surface area (Å²) in [7, 11) is 0. The highest BCUT2D eigenvalue weighted by Gasteiger charge is 2.37. The first-order chi connectivity index (χ1) is 16.2. The summed E-state index contributed by atoms with van der Waals surface area (Å²) >= 11 is 12.1. The van der Waals surface area contributed by atoms with Crippen molar-refractivity contribution in [3.8, 4) is 0 Å². The fourth-order valence-electron chi connectivity index (χ4n) is 4.61. The van der Waals surface area contributed by atoms with E-state index in [1.807, 2.05) is 24.3 Å². The van der Waals surface area contributed by atoms with Crippen molar-refractivity contribution in [2.75, 3.05) is 4.90 Å². The van der Waals surface area contributed by atoms with Crippen LogP contribution in [0.3, 0.4) is 0 Å². The van der Waals surface area contributed by atoms with Gasteiger partial charge in [0.25, 0.3) is 11.4 Å². The summed E-state index contributed by atoms with van der Waals surface area (Å²) in [6, 6.07) is 17.6. The van der Waals surface area contributed by atoms with Gasteiger partial charge in [-0.1, -0.05) is 61.3 Å². The largest absolute Gasteiger partial charge is 0.357 e. The van der Waals surface area contributed by atoms with Crippen molar-refractivity contribution in [1.29, 1.82) is 0 Å². The molecule has 7 nitrogen and oxygen atoms in total. The Labute approximate surface area is 207 Å². The average molecular weight is 500 g/mol. The van der Waals surface area contributed by atoms with Crippen LogP contribution in [0.1, 0.15) is 61.4 Å². The third-order valence-corrected chi connectivity index (χ3v) is 6.99. The van der Waals surface area contributed by atoms with Gasteiger partial charge in [-0.2, -0.15) is 0 Å². The first-order valence-electron chi connectivity index (χ1n) is 10.9. The molecule has 0 aliphatic carbocycles. The molecule has 176 valence electrons. The van der Waals surface area contributed by atoms with Crippen molar-refractivity contribution >= 4 is 40.3 Å². The molecule has 0 spiro atoms. The SMILES string of the molecule is CC(C)c1ccc(N2C(c3ccc(Cl)c([N+](=O)[O-])c3)CCC2c2ccc(Cl)c([N+](=O)[O-])c2)cc1. The fraction of sp³-hybridized carbons (Fsp3) is 0.280. The third kappa shape index (κ3) is 4.58. The van der Waals surface area contributed by atoms with E-state index >= 15 is 0 Å². The minimum atomic E-state index is -0.484. The molecule has 1 aliphatic heterocycles. The molecule has 0 amide bonds. The third-order valence-electron chi connectivity index (χ3n) is 6.35. The lowest BCUT2D eigenvalue weighted by atomic mass is 10.0. The predicted octanol–water partition coefficient (Wildman–Crippen LogP) is 8.02. The van der Waals surface area contributed by atoms with Crippen LogP contribution in [0.4, 0.5) is 17.1 Å². The second-order valence-corrected chi connectivity index (χ2v) is 9.51. The van der Waals surface area contributed by atoms with Crippen molar-refractivity contribution < 1.29 is 9.85 Å². The molecule has 3 aromatic rings. The number of nitro groups is 2. The number of halogens is 2. The molecule has 2 atom stereocenters. The van der Waals surface area contributed by atoms with Gasteiger partial charge >= 0.3 is 0 Å². The molecule has 2 unspecified atom stereocenters. The molecule has 3 aromatic carbocycles. The Kier molecular flexibility index (Phi) is 6.77. The van der Waals surface area contributed by atoms with Crippen LogP contribution in [0, 0.1) is 20.2 Å². The molecule has 1 fully saturated rings. The molecule has 4 rings (SSSR count). The lowest BCUT2D eigenvalue weighted by molar-refractivity contribution is -0.384. The standard InChI is InChI=1S/C25H23Cl2N3O4/c1-15(2)16-3-7-19(8-4-16)28-22(17-5-9-20(26)24(13-17)29(31)32)11-12-23(28)18-6-10-21(27)25(14-18)30(33)34/h3-10,13-15,22-23H,11-12H2,1-2H3. The average Bonchev–Trinajstić information content (AvgIpc) is 3.24. The minimum absolute atomic E-state index is 0.0875. The van der Waals surface area contributed by atoms with Gasteiger partial charge in [-0.05, 0) is 59.7 Å². The van der Waals surface area contributed by atoms with Crippen LogP contribution in [0.15, 0.2) is 60.7 Å². The zero-order chi connectivity index (χ0) is 24.6. The number of benzene rings is 3. The number of hydrogen-bond donors (Lipinski definition) is 0. The second kappa shape index (κ2) is 9.60. The highest BCUT2D eigenvalue weighted by atomic mass is 35.5.